The molecule has 0 aliphatic heterocycles. The SMILES string of the molecule is Cc1ccncc1NS(=O)(=O)c1ccc(C#N)cc1C. The van der Waals surface area contributed by atoms with Gasteiger partial charge in [-0.1, -0.05) is 0 Å². The van der Waals surface area contributed by atoms with Crippen LogP contribution in [0.1, 0.15) is 16.7 Å². The van der Waals surface area contributed by atoms with Gasteiger partial charge in [-0.25, -0.2) is 8.42 Å². The molecular weight excluding hydrogens is 274 g/mol. The minimum absolute atomic E-state index is 0.153. The van der Waals surface area contributed by atoms with Gasteiger partial charge in [0.15, 0.2) is 0 Å². The van der Waals surface area contributed by atoms with Crippen LogP contribution in [-0.4, -0.2) is 13.4 Å². The Kier molecular flexibility index (Phi) is 3.72. The van der Waals surface area contributed by atoms with E-state index < -0.39 is 10.0 Å². The van der Waals surface area contributed by atoms with Gasteiger partial charge in [0.05, 0.1) is 28.4 Å². The van der Waals surface area contributed by atoms with E-state index in [2.05, 4.69) is 9.71 Å². The van der Waals surface area contributed by atoms with Crippen LogP contribution in [0.4, 0.5) is 5.69 Å². The largest absolute Gasteiger partial charge is 0.278 e. The van der Waals surface area contributed by atoms with Crippen molar-refractivity contribution in [3.8, 4) is 6.07 Å². The Morgan fingerprint density at radius 1 is 1.20 bits per heavy atom. The first-order chi connectivity index (χ1) is 9.44. The average molecular weight is 287 g/mol. The number of nitriles is 1. The monoisotopic (exact) mass is 287 g/mol. The van der Waals surface area contributed by atoms with Crippen LogP contribution in [0.2, 0.25) is 0 Å². The van der Waals surface area contributed by atoms with Gasteiger partial charge in [0.1, 0.15) is 0 Å². The summed E-state index contributed by atoms with van der Waals surface area (Å²) in [4.78, 5) is 4.06. The van der Waals surface area contributed by atoms with Gasteiger partial charge in [0.25, 0.3) is 10.0 Å². The van der Waals surface area contributed by atoms with Crippen LogP contribution in [-0.2, 0) is 10.0 Å². The molecule has 0 bridgehead atoms. The van der Waals surface area contributed by atoms with Gasteiger partial charge in [-0.3, -0.25) is 9.71 Å². The fourth-order valence-electron chi connectivity index (χ4n) is 1.79. The van der Waals surface area contributed by atoms with Crippen molar-refractivity contribution in [3.63, 3.8) is 0 Å². The van der Waals surface area contributed by atoms with Crippen molar-refractivity contribution in [2.24, 2.45) is 0 Å². The van der Waals surface area contributed by atoms with E-state index in [1.165, 1.54) is 18.3 Å². The number of sulfonamides is 1. The number of benzene rings is 1. The highest BCUT2D eigenvalue weighted by Gasteiger charge is 2.18. The fraction of sp³-hybridized carbons (Fsp3) is 0.143. The quantitative estimate of drug-likeness (QED) is 0.939. The van der Waals surface area contributed by atoms with Crippen molar-refractivity contribution >= 4 is 15.7 Å². The molecule has 102 valence electrons. The van der Waals surface area contributed by atoms with Gasteiger partial charge in [0.2, 0.25) is 0 Å². The van der Waals surface area contributed by atoms with E-state index in [1.807, 2.05) is 6.07 Å². The topological polar surface area (TPSA) is 82.8 Å². The molecule has 1 N–H and O–H groups in total. The normalized spacial score (nSPS) is 10.8. The smallest absolute Gasteiger partial charge is 0.262 e. The molecule has 0 unspecified atom stereocenters. The molecule has 2 aromatic rings. The lowest BCUT2D eigenvalue weighted by Crippen LogP contribution is -2.15. The van der Waals surface area contributed by atoms with Gasteiger partial charge in [-0.05, 0) is 49.2 Å². The first kappa shape index (κ1) is 14.0. The maximum Gasteiger partial charge on any atom is 0.262 e. The summed E-state index contributed by atoms with van der Waals surface area (Å²) in [5.41, 5.74) is 2.18. The summed E-state index contributed by atoms with van der Waals surface area (Å²) in [5, 5.41) is 8.80. The van der Waals surface area contributed by atoms with E-state index in [0.29, 0.717) is 16.8 Å². The van der Waals surface area contributed by atoms with Gasteiger partial charge >= 0.3 is 0 Å². The van der Waals surface area contributed by atoms with Crippen LogP contribution in [0.25, 0.3) is 0 Å². The number of pyridine rings is 1. The molecule has 5 nitrogen and oxygen atoms in total. The Balaban J connectivity index is 2.42. The van der Waals surface area contributed by atoms with E-state index >= 15 is 0 Å². The maximum atomic E-state index is 12.4. The van der Waals surface area contributed by atoms with Crippen molar-refractivity contribution < 1.29 is 8.42 Å². The lowest BCUT2D eigenvalue weighted by Gasteiger charge is -2.11. The molecule has 0 saturated carbocycles. The molecule has 0 radical (unpaired) electrons. The Bertz CT molecular complexity index is 792. The van der Waals surface area contributed by atoms with Crippen LogP contribution < -0.4 is 4.72 Å². The second-order valence-electron chi connectivity index (χ2n) is 4.39. The Morgan fingerprint density at radius 3 is 2.55 bits per heavy atom. The molecule has 0 amide bonds. The highest BCUT2D eigenvalue weighted by Crippen LogP contribution is 2.21. The Hall–Kier alpha value is -2.39. The molecule has 2 rings (SSSR count). The van der Waals surface area contributed by atoms with Crippen LogP contribution in [0.3, 0.4) is 0 Å². The summed E-state index contributed by atoms with van der Waals surface area (Å²) < 4.78 is 27.2. The van der Waals surface area contributed by atoms with Crippen LogP contribution in [0.15, 0.2) is 41.6 Å². The average Bonchev–Trinajstić information content (AvgIpc) is 2.40. The number of rotatable bonds is 3. The number of nitrogens with one attached hydrogen (secondary N) is 1. The summed E-state index contributed by atoms with van der Waals surface area (Å²) in [6, 6.07) is 8.17. The second-order valence-corrected chi connectivity index (χ2v) is 6.04. The van der Waals surface area contributed by atoms with E-state index in [-0.39, 0.29) is 4.90 Å². The number of hydrogen-bond donors (Lipinski definition) is 1. The number of hydrogen-bond acceptors (Lipinski definition) is 4. The number of aromatic nitrogens is 1. The first-order valence-electron chi connectivity index (χ1n) is 5.88. The minimum Gasteiger partial charge on any atom is -0.278 e. The molecular formula is C14H13N3O2S. The van der Waals surface area contributed by atoms with Crippen molar-refractivity contribution in [2.45, 2.75) is 18.7 Å². The van der Waals surface area contributed by atoms with E-state index in [4.69, 9.17) is 5.26 Å². The zero-order valence-electron chi connectivity index (χ0n) is 11.1. The Labute approximate surface area is 118 Å². The van der Waals surface area contributed by atoms with Crippen molar-refractivity contribution in [1.82, 2.24) is 4.98 Å². The summed E-state index contributed by atoms with van der Waals surface area (Å²) in [6.45, 7) is 3.46. The molecule has 20 heavy (non-hydrogen) atoms. The third-order valence-corrected chi connectivity index (χ3v) is 4.40. The fourth-order valence-corrected chi connectivity index (χ4v) is 3.13. The molecule has 0 aliphatic rings. The predicted octanol–water partition coefficient (Wildman–Crippen LogP) is 2.37. The highest BCUT2D eigenvalue weighted by molar-refractivity contribution is 7.92. The Morgan fingerprint density at radius 2 is 1.95 bits per heavy atom. The molecule has 0 aliphatic carbocycles. The summed E-state index contributed by atoms with van der Waals surface area (Å²) in [6.07, 6.45) is 3.06. The zero-order valence-corrected chi connectivity index (χ0v) is 11.9. The maximum absolute atomic E-state index is 12.4. The molecule has 0 spiro atoms. The van der Waals surface area contributed by atoms with Crippen LogP contribution >= 0.6 is 0 Å². The molecule has 1 aromatic carbocycles. The summed E-state index contributed by atoms with van der Waals surface area (Å²) in [5.74, 6) is 0. The lowest BCUT2D eigenvalue weighted by molar-refractivity contribution is 0.600. The predicted molar refractivity (Wildman–Crippen MR) is 75.7 cm³/mol. The summed E-state index contributed by atoms with van der Waals surface area (Å²) >= 11 is 0. The molecule has 0 atom stereocenters. The van der Waals surface area contributed by atoms with Gasteiger partial charge in [-0.2, -0.15) is 5.26 Å². The number of anilines is 1. The first-order valence-corrected chi connectivity index (χ1v) is 7.36. The molecule has 1 heterocycles. The molecule has 0 fully saturated rings. The summed E-state index contributed by atoms with van der Waals surface area (Å²) in [7, 11) is -3.69. The third kappa shape index (κ3) is 2.78. The van der Waals surface area contributed by atoms with Crippen molar-refractivity contribution in [3.05, 3.63) is 53.3 Å². The zero-order chi connectivity index (χ0) is 14.8. The van der Waals surface area contributed by atoms with Gasteiger partial charge < -0.3 is 0 Å². The van der Waals surface area contributed by atoms with Gasteiger partial charge in [0, 0.05) is 6.20 Å². The number of aryl methyl sites for hydroxylation is 2. The van der Waals surface area contributed by atoms with Crippen molar-refractivity contribution in [1.29, 1.82) is 5.26 Å². The van der Waals surface area contributed by atoms with E-state index in [1.54, 1.807) is 32.2 Å². The minimum atomic E-state index is -3.69. The lowest BCUT2D eigenvalue weighted by atomic mass is 10.2. The van der Waals surface area contributed by atoms with Gasteiger partial charge in [-0.15, -0.1) is 0 Å². The molecule has 6 heteroatoms. The standard InChI is InChI=1S/C14H13N3O2S/c1-10-5-6-16-9-13(10)17-20(18,19)14-4-3-12(8-15)7-11(14)2/h3-7,9,17H,1-2H3. The van der Waals surface area contributed by atoms with E-state index in [0.717, 1.165) is 5.56 Å². The van der Waals surface area contributed by atoms with Crippen LogP contribution in [0, 0.1) is 25.2 Å². The van der Waals surface area contributed by atoms with Crippen LogP contribution in [0.5, 0.6) is 0 Å². The van der Waals surface area contributed by atoms with E-state index in [9.17, 15) is 8.42 Å². The molecule has 0 saturated heterocycles. The van der Waals surface area contributed by atoms with Crippen molar-refractivity contribution in [2.75, 3.05) is 4.72 Å². The molecule has 1 aromatic heterocycles. The number of nitrogens with zero attached hydrogens (tertiary/aromatic N) is 2. The second kappa shape index (κ2) is 5.31. The highest BCUT2D eigenvalue weighted by atomic mass is 32.2. The third-order valence-electron chi connectivity index (χ3n) is 2.88.